The average molecular weight is 546 g/mol. The fourth-order valence-corrected chi connectivity index (χ4v) is 7.09. The number of nitrogens with two attached hydrogens (primary N) is 1. The number of piperidine rings is 1. The predicted molar refractivity (Wildman–Crippen MR) is 145 cm³/mol. The smallest absolute Gasteiger partial charge is 0.307 e. The number of fused-ring (bicyclic) bond motifs is 1. The third-order valence-corrected chi connectivity index (χ3v) is 9.54. The van der Waals surface area contributed by atoms with Crippen LogP contribution in [-0.2, 0) is 28.7 Å². The highest BCUT2D eigenvalue weighted by Crippen LogP contribution is 2.65. The van der Waals surface area contributed by atoms with Crippen LogP contribution in [0.3, 0.4) is 0 Å². The van der Waals surface area contributed by atoms with Crippen molar-refractivity contribution in [3.05, 3.63) is 0 Å². The maximum Gasteiger partial charge on any atom is 0.307 e. The molecule has 0 aromatic heterocycles. The highest BCUT2D eigenvalue weighted by molar-refractivity contribution is 6.37. The molecule has 9 nitrogen and oxygen atoms in total. The molecular weight excluding hydrogens is 498 g/mol. The van der Waals surface area contributed by atoms with E-state index in [-0.39, 0.29) is 35.5 Å². The number of Topliss-reactive ketones (excluding diaryl/α,β-unsaturated/α-hetero) is 1. The van der Waals surface area contributed by atoms with Crippen LogP contribution in [0.1, 0.15) is 98.8 Å². The highest BCUT2D eigenvalue weighted by atomic mass is 16.6. The summed E-state index contributed by atoms with van der Waals surface area (Å²) in [5.41, 5.74) is 4.55. The van der Waals surface area contributed by atoms with Crippen LogP contribution in [0, 0.1) is 35.0 Å². The van der Waals surface area contributed by atoms with E-state index in [1.54, 1.807) is 4.90 Å². The number of primary amides is 1. The fourth-order valence-electron chi connectivity index (χ4n) is 7.09. The Morgan fingerprint density at radius 2 is 1.67 bits per heavy atom. The molecule has 1 saturated heterocycles. The highest BCUT2D eigenvalue weighted by Gasteiger charge is 2.69. The molecular formula is C30H47N3O6. The minimum absolute atomic E-state index is 0.00545. The van der Waals surface area contributed by atoms with Gasteiger partial charge in [0.25, 0.3) is 5.91 Å². The first-order chi connectivity index (χ1) is 18.2. The lowest BCUT2D eigenvalue weighted by atomic mass is 9.77. The van der Waals surface area contributed by atoms with Crippen molar-refractivity contribution in [2.24, 2.45) is 40.7 Å². The number of nitrogens with zero attached hydrogens (tertiary/aromatic N) is 1. The van der Waals surface area contributed by atoms with E-state index < -0.39 is 47.2 Å². The normalized spacial score (nSPS) is 27.7. The number of amides is 3. The maximum absolute atomic E-state index is 14.2. The summed E-state index contributed by atoms with van der Waals surface area (Å²) in [6, 6.07) is -1.73. The van der Waals surface area contributed by atoms with Gasteiger partial charge in [-0.05, 0) is 75.5 Å². The van der Waals surface area contributed by atoms with Crippen molar-refractivity contribution in [2.45, 2.75) is 117 Å². The van der Waals surface area contributed by atoms with E-state index in [2.05, 4.69) is 19.2 Å². The van der Waals surface area contributed by atoms with Crippen molar-refractivity contribution in [3.8, 4) is 0 Å². The largest absolute Gasteiger partial charge is 0.460 e. The molecule has 218 valence electrons. The number of rotatable bonds is 11. The van der Waals surface area contributed by atoms with E-state index in [0.717, 1.165) is 51.4 Å². The first kappa shape index (κ1) is 29.5. The Balaban J connectivity index is 1.54. The number of hydrogen-bond acceptors (Lipinski definition) is 6. The van der Waals surface area contributed by atoms with Gasteiger partial charge in [-0.2, -0.15) is 0 Å². The Bertz CT molecular complexity index is 991. The monoisotopic (exact) mass is 545 g/mol. The molecule has 0 aromatic carbocycles. The maximum atomic E-state index is 14.2. The van der Waals surface area contributed by atoms with Crippen molar-refractivity contribution in [1.82, 2.24) is 10.2 Å². The van der Waals surface area contributed by atoms with E-state index >= 15 is 0 Å². The van der Waals surface area contributed by atoms with Gasteiger partial charge in [-0.1, -0.05) is 46.0 Å². The second-order valence-electron chi connectivity index (χ2n) is 14.0. The lowest BCUT2D eigenvalue weighted by Gasteiger charge is -2.37. The predicted octanol–water partition coefficient (Wildman–Crippen LogP) is 3.13. The van der Waals surface area contributed by atoms with Crippen LogP contribution in [0.2, 0.25) is 0 Å². The SMILES string of the molecule is CC(C)(C)OC(=O)C[C@H](C(=O)N1C[C@H]2[C@@H]([C@H]1C(=O)NC(CCC1CC1)C(=O)C(N)=O)C2(C)C)C1CCCCC1. The molecule has 0 spiro atoms. The van der Waals surface area contributed by atoms with Crippen molar-refractivity contribution in [1.29, 1.82) is 0 Å². The molecule has 4 fully saturated rings. The molecule has 3 aliphatic carbocycles. The summed E-state index contributed by atoms with van der Waals surface area (Å²) in [6.45, 7) is 10.1. The molecule has 3 amide bonds. The quantitative estimate of drug-likeness (QED) is 0.302. The third kappa shape index (κ3) is 6.83. The molecule has 0 aromatic rings. The first-order valence-corrected chi connectivity index (χ1v) is 14.9. The zero-order valence-corrected chi connectivity index (χ0v) is 24.3. The molecule has 3 saturated carbocycles. The second kappa shape index (κ2) is 11.2. The van der Waals surface area contributed by atoms with Gasteiger partial charge in [0, 0.05) is 6.54 Å². The number of ketones is 1. The Morgan fingerprint density at radius 1 is 1.03 bits per heavy atom. The number of esters is 1. The standard InChI is InChI=1S/C30H47N3O6/c1-29(2,3)39-22(34)15-19(18-9-7-6-8-10-18)28(38)33-16-20-23(30(20,4)5)24(33)27(37)32-21(25(35)26(31)36)14-13-17-11-12-17/h17-21,23-24H,6-16H2,1-5H3,(H2,31,36)(H,32,37)/t19-,20-,21?,23-,24-/m0/s1. The first-order valence-electron chi connectivity index (χ1n) is 14.9. The topological polar surface area (TPSA) is 136 Å². The van der Waals surface area contributed by atoms with Gasteiger partial charge < -0.3 is 20.7 Å². The van der Waals surface area contributed by atoms with Crippen molar-refractivity contribution < 1.29 is 28.7 Å². The number of nitrogens with one attached hydrogen (secondary N) is 1. The molecule has 4 aliphatic rings. The van der Waals surface area contributed by atoms with Crippen LogP contribution in [0.25, 0.3) is 0 Å². The van der Waals surface area contributed by atoms with Crippen LogP contribution < -0.4 is 11.1 Å². The Hall–Kier alpha value is -2.45. The molecule has 1 unspecified atom stereocenters. The summed E-state index contributed by atoms with van der Waals surface area (Å²) < 4.78 is 5.59. The van der Waals surface area contributed by atoms with Crippen molar-refractivity contribution in [2.75, 3.05) is 6.54 Å². The molecule has 5 atom stereocenters. The number of hydrogen-bond donors (Lipinski definition) is 2. The van der Waals surface area contributed by atoms with Crippen LogP contribution in [0.4, 0.5) is 0 Å². The number of carbonyl (C=O) groups excluding carboxylic acids is 5. The average Bonchev–Trinajstić information content (AvgIpc) is 3.71. The van der Waals surface area contributed by atoms with Gasteiger partial charge in [-0.3, -0.25) is 24.0 Å². The van der Waals surface area contributed by atoms with Gasteiger partial charge in [0.1, 0.15) is 11.6 Å². The van der Waals surface area contributed by atoms with Crippen molar-refractivity contribution in [3.63, 3.8) is 0 Å². The van der Waals surface area contributed by atoms with Gasteiger partial charge >= 0.3 is 5.97 Å². The number of likely N-dealkylation sites (tertiary alicyclic amines) is 1. The molecule has 0 bridgehead atoms. The van der Waals surface area contributed by atoms with Gasteiger partial charge in [-0.25, -0.2) is 0 Å². The summed E-state index contributed by atoms with van der Waals surface area (Å²) >= 11 is 0. The molecule has 39 heavy (non-hydrogen) atoms. The molecule has 1 heterocycles. The van der Waals surface area contributed by atoms with Gasteiger partial charge in [0.2, 0.25) is 17.6 Å². The second-order valence-corrected chi connectivity index (χ2v) is 14.0. The van der Waals surface area contributed by atoms with Crippen LogP contribution in [0.15, 0.2) is 0 Å². The minimum Gasteiger partial charge on any atom is -0.460 e. The van der Waals surface area contributed by atoms with E-state index in [1.807, 2.05) is 20.8 Å². The Kier molecular flexibility index (Phi) is 8.48. The fraction of sp³-hybridized carbons (Fsp3) is 0.833. The Morgan fingerprint density at radius 3 is 2.23 bits per heavy atom. The molecule has 3 N–H and O–H groups in total. The molecule has 0 radical (unpaired) electrons. The summed E-state index contributed by atoms with van der Waals surface area (Å²) in [7, 11) is 0. The Labute approximate surface area is 232 Å². The van der Waals surface area contributed by atoms with Gasteiger partial charge in [0.15, 0.2) is 0 Å². The van der Waals surface area contributed by atoms with Crippen LogP contribution in [-0.4, -0.2) is 58.6 Å². The van der Waals surface area contributed by atoms with Gasteiger partial charge in [0.05, 0.1) is 18.4 Å². The number of carbonyl (C=O) groups is 5. The lowest BCUT2D eigenvalue weighted by molar-refractivity contribution is -0.160. The zero-order valence-electron chi connectivity index (χ0n) is 24.3. The lowest BCUT2D eigenvalue weighted by Crippen LogP contribution is -2.56. The van der Waals surface area contributed by atoms with Crippen molar-refractivity contribution >= 4 is 29.5 Å². The summed E-state index contributed by atoms with van der Waals surface area (Å²) in [5.74, 6) is -2.67. The van der Waals surface area contributed by atoms with E-state index in [4.69, 9.17) is 10.5 Å². The zero-order chi connectivity index (χ0) is 28.7. The number of ether oxygens (including phenoxy) is 1. The summed E-state index contributed by atoms with van der Waals surface area (Å²) in [5, 5.41) is 2.82. The summed E-state index contributed by atoms with van der Waals surface area (Å²) in [4.78, 5) is 66.8. The van der Waals surface area contributed by atoms with E-state index in [0.29, 0.717) is 18.9 Å². The van der Waals surface area contributed by atoms with E-state index in [9.17, 15) is 24.0 Å². The third-order valence-electron chi connectivity index (χ3n) is 9.54. The summed E-state index contributed by atoms with van der Waals surface area (Å²) in [6.07, 6.45) is 8.18. The molecule has 1 aliphatic heterocycles. The van der Waals surface area contributed by atoms with Crippen LogP contribution >= 0.6 is 0 Å². The molecule has 9 heteroatoms. The molecule has 4 rings (SSSR count). The van der Waals surface area contributed by atoms with Gasteiger partial charge in [-0.15, -0.1) is 0 Å². The van der Waals surface area contributed by atoms with E-state index in [1.165, 1.54) is 0 Å². The minimum atomic E-state index is -1.06. The van der Waals surface area contributed by atoms with Crippen LogP contribution in [0.5, 0.6) is 0 Å².